The van der Waals surface area contributed by atoms with Crippen molar-refractivity contribution >= 4 is 39.3 Å². The van der Waals surface area contributed by atoms with Crippen molar-refractivity contribution < 1.29 is 9.18 Å². The van der Waals surface area contributed by atoms with E-state index in [2.05, 4.69) is 47.3 Å². The van der Waals surface area contributed by atoms with Crippen LogP contribution in [-0.4, -0.2) is 74.2 Å². The highest BCUT2D eigenvalue weighted by molar-refractivity contribution is 5.97. The lowest BCUT2D eigenvalue weighted by atomic mass is 10.0. The van der Waals surface area contributed by atoms with E-state index in [1.54, 1.807) is 30.7 Å². The zero-order chi connectivity index (χ0) is 28.6. The Balaban J connectivity index is 1.21. The topological polar surface area (TPSA) is 119 Å². The summed E-state index contributed by atoms with van der Waals surface area (Å²) in [6, 6.07) is 16.3. The molecule has 2 aromatic carbocycles. The lowest BCUT2D eigenvalue weighted by molar-refractivity contribution is -0.115. The van der Waals surface area contributed by atoms with Crippen molar-refractivity contribution in [1.82, 2.24) is 35.0 Å². The van der Waals surface area contributed by atoms with E-state index >= 15 is 4.39 Å². The number of carbonyl (C=O) groups excluding carboxylic acids is 1. The fourth-order valence-corrected chi connectivity index (χ4v) is 5.40. The summed E-state index contributed by atoms with van der Waals surface area (Å²) in [7, 11) is 2.13. The van der Waals surface area contributed by atoms with Crippen LogP contribution in [0.1, 0.15) is 5.56 Å². The van der Waals surface area contributed by atoms with Gasteiger partial charge in [-0.25, -0.2) is 14.4 Å². The van der Waals surface area contributed by atoms with E-state index in [0.29, 0.717) is 44.9 Å². The number of aromatic amines is 2. The number of amides is 1. The Morgan fingerprint density at radius 2 is 1.88 bits per heavy atom. The number of nitrogens with zero attached hydrogens (tertiary/aromatic N) is 6. The van der Waals surface area contributed by atoms with Crippen molar-refractivity contribution in [3.8, 4) is 22.6 Å². The summed E-state index contributed by atoms with van der Waals surface area (Å²) in [4.78, 5) is 34.2. The van der Waals surface area contributed by atoms with Gasteiger partial charge in [-0.3, -0.25) is 14.9 Å². The number of hydrogen-bond donors (Lipinski definition) is 3. The number of fused-ring (bicyclic) bond motifs is 2. The third-order valence-corrected chi connectivity index (χ3v) is 7.63. The van der Waals surface area contributed by atoms with Crippen molar-refractivity contribution in [3.63, 3.8) is 0 Å². The first-order chi connectivity index (χ1) is 20.5. The number of H-pyrrole nitrogens is 2. The number of anilines is 2. The Morgan fingerprint density at radius 3 is 2.71 bits per heavy atom. The van der Waals surface area contributed by atoms with Gasteiger partial charge in [0.1, 0.15) is 17.0 Å². The molecule has 0 spiro atoms. The molecule has 0 unspecified atom stereocenters. The number of carbonyl (C=O) groups is 1. The average Bonchev–Trinajstić information content (AvgIpc) is 3.61. The van der Waals surface area contributed by atoms with Gasteiger partial charge < -0.3 is 20.1 Å². The summed E-state index contributed by atoms with van der Waals surface area (Å²) in [5.41, 5.74) is 5.86. The molecule has 210 valence electrons. The molecule has 5 heterocycles. The second kappa shape index (κ2) is 10.7. The third-order valence-electron chi connectivity index (χ3n) is 7.63. The van der Waals surface area contributed by atoms with Crippen LogP contribution in [0.15, 0.2) is 73.2 Å². The third kappa shape index (κ3) is 4.94. The number of hydrogen-bond acceptors (Lipinski definition) is 7. The van der Waals surface area contributed by atoms with E-state index in [4.69, 9.17) is 4.98 Å². The van der Waals surface area contributed by atoms with E-state index in [9.17, 15) is 4.79 Å². The Kier molecular flexibility index (Phi) is 6.55. The maximum atomic E-state index is 15.3. The number of aromatic nitrogens is 6. The molecular formula is C31H28FN9O. The van der Waals surface area contributed by atoms with Crippen molar-refractivity contribution in [3.05, 3.63) is 84.6 Å². The van der Waals surface area contributed by atoms with Crippen molar-refractivity contribution in [2.24, 2.45) is 0 Å². The predicted octanol–water partition coefficient (Wildman–Crippen LogP) is 4.64. The van der Waals surface area contributed by atoms with Crippen LogP contribution in [0.2, 0.25) is 0 Å². The number of imidazole rings is 1. The van der Waals surface area contributed by atoms with Crippen molar-refractivity contribution in [2.75, 3.05) is 43.4 Å². The highest BCUT2D eigenvalue weighted by atomic mass is 19.1. The number of benzene rings is 2. The highest BCUT2D eigenvalue weighted by Crippen LogP contribution is 2.34. The second-order valence-corrected chi connectivity index (χ2v) is 10.5. The van der Waals surface area contributed by atoms with Crippen LogP contribution in [0.5, 0.6) is 0 Å². The highest BCUT2D eigenvalue weighted by Gasteiger charge is 2.21. The Labute approximate surface area is 240 Å². The number of nitrogens with one attached hydrogen (secondary N) is 3. The largest absolute Gasteiger partial charge is 0.367 e. The van der Waals surface area contributed by atoms with Gasteiger partial charge in [-0.05, 0) is 30.8 Å². The fraction of sp³-hybridized carbons (Fsp3) is 0.194. The van der Waals surface area contributed by atoms with Crippen LogP contribution >= 0.6 is 0 Å². The lowest BCUT2D eigenvalue weighted by Gasteiger charge is -2.34. The van der Waals surface area contributed by atoms with Crippen LogP contribution in [0.3, 0.4) is 0 Å². The molecule has 0 saturated carbocycles. The number of halogens is 1. The molecule has 0 radical (unpaired) electrons. The van der Waals surface area contributed by atoms with Gasteiger partial charge >= 0.3 is 0 Å². The maximum absolute atomic E-state index is 15.3. The maximum Gasteiger partial charge on any atom is 0.228 e. The van der Waals surface area contributed by atoms with Gasteiger partial charge in [-0.1, -0.05) is 30.3 Å². The van der Waals surface area contributed by atoms with E-state index in [1.807, 2.05) is 36.4 Å². The molecule has 1 amide bonds. The average molecular weight is 562 g/mol. The SMILES string of the molecule is CN1CCN(c2ccnc3nc(-c4n[nH]c5cc(F)c(-c6cncc(NC(=O)Cc7ccccc7)c6)cc45)[nH]c23)CC1. The molecule has 1 saturated heterocycles. The molecule has 0 atom stereocenters. The van der Waals surface area contributed by atoms with Gasteiger partial charge in [-0.15, -0.1) is 0 Å². The lowest BCUT2D eigenvalue weighted by Crippen LogP contribution is -2.44. The molecular weight excluding hydrogens is 533 g/mol. The number of rotatable bonds is 6. The van der Waals surface area contributed by atoms with Gasteiger partial charge in [0.25, 0.3) is 0 Å². The molecule has 11 heteroatoms. The minimum absolute atomic E-state index is 0.178. The van der Waals surface area contributed by atoms with Crippen molar-refractivity contribution in [2.45, 2.75) is 6.42 Å². The first kappa shape index (κ1) is 25.8. The molecule has 0 aliphatic carbocycles. The van der Waals surface area contributed by atoms with E-state index in [1.165, 1.54) is 6.07 Å². The van der Waals surface area contributed by atoms with E-state index in [0.717, 1.165) is 42.9 Å². The predicted molar refractivity (Wildman–Crippen MR) is 161 cm³/mol. The summed E-state index contributed by atoms with van der Waals surface area (Å²) in [6.45, 7) is 3.79. The van der Waals surface area contributed by atoms with Crippen LogP contribution in [0, 0.1) is 5.82 Å². The molecule has 1 aliphatic rings. The summed E-state index contributed by atoms with van der Waals surface area (Å²) in [5, 5.41) is 11.0. The molecule has 42 heavy (non-hydrogen) atoms. The number of piperazine rings is 1. The van der Waals surface area contributed by atoms with Gasteiger partial charge in [0.15, 0.2) is 11.5 Å². The molecule has 4 aromatic heterocycles. The smallest absolute Gasteiger partial charge is 0.228 e. The Bertz CT molecular complexity index is 1910. The zero-order valence-electron chi connectivity index (χ0n) is 22.9. The van der Waals surface area contributed by atoms with Gasteiger partial charge in [0.2, 0.25) is 5.91 Å². The molecule has 1 fully saturated rings. The summed E-state index contributed by atoms with van der Waals surface area (Å²) in [5.74, 6) is -0.0681. The van der Waals surface area contributed by atoms with Gasteiger partial charge in [-0.2, -0.15) is 5.10 Å². The standard InChI is InChI=1S/C31H28FN9O/c1-40-9-11-41(12-10-40)26-7-8-34-30-29(26)36-31(37-30)28-23-15-22(24(32)16-25(23)38-39-28)20-14-21(18-33-17-20)35-27(42)13-19-5-3-2-4-6-19/h2-8,14-18H,9-13H2,1H3,(H,35,42)(H,38,39)(H,34,36,37). The normalized spacial score (nSPS) is 14.1. The van der Waals surface area contributed by atoms with Crippen LogP contribution in [-0.2, 0) is 11.2 Å². The first-order valence-corrected chi connectivity index (χ1v) is 13.8. The Hall–Kier alpha value is -5.16. The minimum atomic E-state index is -0.434. The molecule has 10 nitrogen and oxygen atoms in total. The van der Waals surface area contributed by atoms with E-state index in [-0.39, 0.29) is 12.3 Å². The van der Waals surface area contributed by atoms with Gasteiger partial charge in [0, 0.05) is 61.2 Å². The van der Waals surface area contributed by atoms with E-state index < -0.39 is 5.82 Å². The molecule has 1 aliphatic heterocycles. The fourth-order valence-electron chi connectivity index (χ4n) is 5.40. The monoisotopic (exact) mass is 561 g/mol. The number of pyridine rings is 2. The summed E-state index contributed by atoms with van der Waals surface area (Å²) < 4.78 is 15.3. The zero-order valence-corrected chi connectivity index (χ0v) is 22.9. The number of likely N-dealkylation sites (N-methyl/N-ethyl adjacent to an activating group) is 1. The summed E-state index contributed by atoms with van der Waals surface area (Å²) in [6.07, 6.45) is 5.12. The molecule has 3 N–H and O–H groups in total. The summed E-state index contributed by atoms with van der Waals surface area (Å²) >= 11 is 0. The minimum Gasteiger partial charge on any atom is -0.367 e. The van der Waals surface area contributed by atoms with Crippen LogP contribution in [0.25, 0.3) is 44.7 Å². The van der Waals surface area contributed by atoms with Crippen molar-refractivity contribution in [1.29, 1.82) is 0 Å². The quantitative estimate of drug-likeness (QED) is 0.271. The Morgan fingerprint density at radius 1 is 1.05 bits per heavy atom. The molecule has 0 bridgehead atoms. The second-order valence-electron chi connectivity index (χ2n) is 10.5. The van der Waals surface area contributed by atoms with Crippen LogP contribution < -0.4 is 10.2 Å². The molecule has 7 rings (SSSR count). The first-order valence-electron chi connectivity index (χ1n) is 13.8. The van der Waals surface area contributed by atoms with Crippen LogP contribution in [0.4, 0.5) is 15.8 Å². The molecule has 6 aromatic rings. The van der Waals surface area contributed by atoms with Gasteiger partial charge in [0.05, 0.1) is 29.5 Å².